The predicted molar refractivity (Wildman–Crippen MR) is 125 cm³/mol. The number of H-pyrrole nitrogens is 1. The van der Waals surface area contributed by atoms with Crippen molar-refractivity contribution in [1.29, 1.82) is 0 Å². The number of carbonyl (C=O) groups is 1. The fourth-order valence-corrected chi connectivity index (χ4v) is 3.80. The van der Waals surface area contributed by atoms with Gasteiger partial charge in [0.1, 0.15) is 5.75 Å². The van der Waals surface area contributed by atoms with Crippen molar-refractivity contribution in [3.05, 3.63) is 102 Å². The van der Waals surface area contributed by atoms with Gasteiger partial charge in [-0.25, -0.2) is 4.79 Å². The van der Waals surface area contributed by atoms with Crippen molar-refractivity contribution >= 4 is 28.6 Å². The second-order valence-corrected chi connectivity index (χ2v) is 7.67. The average molecular weight is 441 g/mol. The molecule has 0 radical (unpaired) electrons. The van der Waals surface area contributed by atoms with E-state index in [0.717, 1.165) is 27.8 Å². The predicted octanol–water partition coefficient (Wildman–Crippen LogP) is 7.04. The molecule has 0 aliphatic rings. The number of aromatic nitrogens is 2. The molecule has 0 atom stereocenters. The first kappa shape index (κ1) is 19.8. The molecule has 0 spiro atoms. The number of aromatic carboxylic acids is 1. The van der Waals surface area contributed by atoms with E-state index in [4.69, 9.17) is 21.4 Å². The summed E-state index contributed by atoms with van der Waals surface area (Å²) in [5.74, 6) is -0.504. The molecule has 32 heavy (non-hydrogen) atoms. The number of imidazole rings is 1. The van der Waals surface area contributed by atoms with Crippen molar-refractivity contribution in [2.75, 3.05) is 0 Å². The summed E-state index contributed by atoms with van der Waals surface area (Å²) < 4.78 is 5.75. The lowest BCUT2D eigenvalue weighted by Gasteiger charge is -2.07. The van der Waals surface area contributed by atoms with Crippen LogP contribution >= 0.6 is 11.6 Å². The molecule has 4 aromatic carbocycles. The number of halogens is 1. The van der Waals surface area contributed by atoms with Crippen LogP contribution in [-0.2, 0) is 0 Å². The molecule has 0 fully saturated rings. The van der Waals surface area contributed by atoms with E-state index in [0.29, 0.717) is 22.3 Å². The van der Waals surface area contributed by atoms with Crippen LogP contribution in [0.3, 0.4) is 0 Å². The van der Waals surface area contributed by atoms with Crippen molar-refractivity contribution < 1.29 is 14.6 Å². The summed E-state index contributed by atoms with van der Waals surface area (Å²) in [5.41, 5.74) is 5.82. The average Bonchev–Trinajstić information content (AvgIpc) is 3.20. The number of rotatable bonds is 5. The Morgan fingerprint density at radius 2 is 1.50 bits per heavy atom. The molecule has 5 aromatic rings. The van der Waals surface area contributed by atoms with E-state index < -0.39 is 5.97 Å². The van der Waals surface area contributed by atoms with Crippen molar-refractivity contribution in [3.63, 3.8) is 0 Å². The van der Waals surface area contributed by atoms with E-state index in [9.17, 15) is 4.79 Å². The first-order chi connectivity index (χ1) is 15.6. The minimum atomic E-state index is -0.987. The Bertz CT molecular complexity index is 1410. The van der Waals surface area contributed by atoms with Gasteiger partial charge in [-0.15, -0.1) is 0 Å². The summed E-state index contributed by atoms with van der Waals surface area (Å²) in [6, 6.07) is 28.6. The lowest BCUT2D eigenvalue weighted by Crippen LogP contribution is -1.95. The van der Waals surface area contributed by atoms with Gasteiger partial charge in [-0.3, -0.25) is 0 Å². The number of fused-ring (bicyclic) bond motifs is 1. The third kappa shape index (κ3) is 3.94. The number of carboxylic acid groups (broad SMARTS) is 1. The summed E-state index contributed by atoms with van der Waals surface area (Å²) in [5, 5.41) is 9.61. The van der Waals surface area contributed by atoms with Gasteiger partial charge < -0.3 is 14.8 Å². The standard InChI is InChI=1S/C26H17ClN2O3/c27-22-15-24-23(28-26(29-24)32-20-12-10-19(11-13-20)25(30)31)14-21(22)18-8-6-17(7-9-18)16-4-2-1-3-5-16/h1-15H,(H,28,29)(H,30,31). The molecule has 0 amide bonds. The number of nitrogens with one attached hydrogen (secondary N) is 1. The van der Waals surface area contributed by atoms with Gasteiger partial charge >= 0.3 is 5.97 Å². The summed E-state index contributed by atoms with van der Waals surface area (Å²) in [6.07, 6.45) is 0. The van der Waals surface area contributed by atoms with E-state index in [1.807, 2.05) is 42.5 Å². The van der Waals surface area contributed by atoms with Crippen LogP contribution in [0.25, 0.3) is 33.3 Å². The summed E-state index contributed by atoms with van der Waals surface area (Å²) in [7, 11) is 0. The zero-order valence-corrected chi connectivity index (χ0v) is 17.5. The minimum absolute atomic E-state index is 0.191. The van der Waals surface area contributed by atoms with Crippen molar-refractivity contribution in [1.82, 2.24) is 9.97 Å². The van der Waals surface area contributed by atoms with Gasteiger partial charge in [-0.05, 0) is 53.1 Å². The summed E-state index contributed by atoms with van der Waals surface area (Å²) >= 11 is 6.57. The normalized spacial score (nSPS) is 10.9. The highest BCUT2D eigenvalue weighted by Crippen LogP contribution is 2.34. The Balaban J connectivity index is 1.43. The van der Waals surface area contributed by atoms with Crippen molar-refractivity contribution in [2.24, 2.45) is 0 Å². The monoisotopic (exact) mass is 440 g/mol. The maximum Gasteiger partial charge on any atom is 0.335 e. The molecule has 1 aromatic heterocycles. The second kappa shape index (κ2) is 8.21. The zero-order valence-electron chi connectivity index (χ0n) is 16.7. The van der Waals surface area contributed by atoms with Crippen LogP contribution in [0.4, 0.5) is 0 Å². The van der Waals surface area contributed by atoms with Crippen LogP contribution in [0.15, 0.2) is 91.0 Å². The lowest BCUT2D eigenvalue weighted by molar-refractivity contribution is 0.0697. The number of nitrogens with zero attached hydrogens (tertiary/aromatic N) is 1. The fourth-order valence-electron chi connectivity index (χ4n) is 3.53. The molecule has 0 saturated carbocycles. The molecule has 156 valence electrons. The molecule has 0 aliphatic heterocycles. The van der Waals surface area contributed by atoms with Crippen LogP contribution in [-0.4, -0.2) is 21.0 Å². The molecule has 0 aliphatic carbocycles. The molecule has 0 unspecified atom stereocenters. The Hall–Kier alpha value is -4.09. The molecule has 1 heterocycles. The second-order valence-electron chi connectivity index (χ2n) is 7.27. The maximum absolute atomic E-state index is 11.0. The Morgan fingerprint density at radius 1 is 0.844 bits per heavy atom. The highest BCUT2D eigenvalue weighted by Gasteiger charge is 2.12. The topological polar surface area (TPSA) is 75.2 Å². The number of hydrogen-bond acceptors (Lipinski definition) is 3. The van der Waals surface area contributed by atoms with Gasteiger partial charge in [0, 0.05) is 5.56 Å². The third-order valence-electron chi connectivity index (χ3n) is 5.17. The quantitative estimate of drug-likeness (QED) is 0.307. The first-order valence-corrected chi connectivity index (χ1v) is 10.3. The lowest BCUT2D eigenvalue weighted by atomic mass is 10.00. The zero-order chi connectivity index (χ0) is 22.1. The number of hydrogen-bond donors (Lipinski definition) is 2. The molecular formula is C26H17ClN2O3. The number of benzene rings is 4. The molecule has 5 nitrogen and oxygen atoms in total. The molecule has 6 heteroatoms. The number of carboxylic acids is 1. The smallest absolute Gasteiger partial charge is 0.335 e. The third-order valence-corrected chi connectivity index (χ3v) is 5.48. The van der Waals surface area contributed by atoms with Crippen molar-refractivity contribution in [2.45, 2.75) is 0 Å². The summed E-state index contributed by atoms with van der Waals surface area (Å²) in [6.45, 7) is 0. The van der Waals surface area contributed by atoms with Gasteiger partial charge in [0.2, 0.25) is 0 Å². The molecule has 0 bridgehead atoms. The maximum atomic E-state index is 11.0. The number of aromatic amines is 1. The van der Waals surface area contributed by atoms with E-state index in [1.165, 1.54) is 12.1 Å². The van der Waals surface area contributed by atoms with Gasteiger partial charge in [0.15, 0.2) is 0 Å². The van der Waals surface area contributed by atoms with E-state index in [1.54, 1.807) is 12.1 Å². The van der Waals surface area contributed by atoms with E-state index in [-0.39, 0.29) is 5.56 Å². The molecule has 2 N–H and O–H groups in total. The van der Waals surface area contributed by atoms with E-state index in [2.05, 4.69) is 34.2 Å². The highest BCUT2D eigenvalue weighted by atomic mass is 35.5. The highest BCUT2D eigenvalue weighted by molar-refractivity contribution is 6.34. The minimum Gasteiger partial charge on any atom is -0.478 e. The van der Waals surface area contributed by atoms with Gasteiger partial charge in [-0.1, -0.05) is 66.2 Å². The van der Waals surface area contributed by atoms with Gasteiger partial charge in [0.05, 0.1) is 21.6 Å². The van der Waals surface area contributed by atoms with Gasteiger partial charge in [-0.2, -0.15) is 4.98 Å². The number of ether oxygens (including phenoxy) is 1. The largest absolute Gasteiger partial charge is 0.478 e. The SMILES string of the molecule is O=C(O)c1ccc(Oc2nc3cc(-c4ccc(-c5ccccc5)cc4)c(Cl)cc3[nH]2)cc1. The first-order valence-electron chi connectivity index (χ1n) is 9.93. The van der Waals surface area contributed by atoms with E-state index >= 15 is 0 Å². The van der Waals surface area contributed by atoms with Crippen LogP contribution in [0, 0.1) is 0 Å². The molecule has 0 saturated heterocycles. The molecule has 5 rings (SSSR count). The summed E-state index contributed by atoms with van der Waals surface area (Å²) in [4.78, 5) is 18.6. The Morgan fingerprint density at radius 3 is 2.19 bits per heavy atom. The van der Waals surface area contributed by atoms with Crippen LogP contribution in [0.2, 0.25) is 5.02 Å². The molecular weight excluding hydrogens is 424 g/mol. The van der Waals surface area contributed by atoms with Crippen LogP contribution in [0.5, 0.6) is 11.8 Å². The van der Waals surface area contributed by atoms with Crippen LogP contribution in [0.1, 0.15) is 10.4 Å². The fraction of sp³-hybridized carbons (Fsp3) is 0. The van der Waals surface area contributed by atoms with Gasteiger partial charge in [0.25, 0.3) is 6.01 Å². The Labute approximate surface area is 188 Å². The Kier molecular flexibility index (Phi) is 5.09. The van der Waals surface area contributed by atoms with Crippen LogP contribution < -0.4 is 4.74 Å². The van der Waals surface area contributed by atoms with Crippen molar-refractivity contribution in [3.8, 4) is 34.0 Å².